The van der Waals surface area contributed by atoms with Gasteiger partial charge in [0, 0.05) is 28.7 Å². The zero-order chi connectivity index (χ0) is 14.8. The smallest absolute Gasteiger partial charge is 0.227 e. The Bertz CT molecular complexity index is 805. The number of hydrogen-bond acceptors (Lipinski definition) is 4. The van der Waals surface area contributed by atoms with Crippen LogP contribution in [-0.2, 0) is 0 Å². The van der Waals surface area contributed by atoms with Crippen molar-refractivity contribution >= 4 is 16.5 Å². The minimum absolute atomic E-state index is 0.0759. The summed E-state index contributed by atoms with van der Waals surface area (Å²) in [7, 11) is 1.59. The zero-order valence-corrected chi connectivity index (χ0v) is 11.3. The molecule has 0 aliphatic heterocycles. The molecule has 2 aromatic carbocycles. The van der Waals surface area contributed by atoms with Crippen LogP contribution in [0.2, 0.25) is 0 Å². The average Bonchev–Trinajstić information content (AvgIpc) is 2.49. The molecule has 3 aromatic rings. The summed E-state index contributed by atoms with van der Waals surface area (Å²) in [5, 5.41) is 1.59. The SMILES string of the molecule is COc1cccc2c(Oc3ccc(N)cc3F)nccc12. The molecule has 0 amide bonds. The molecule has 0 fully saturated rings. The molecule has 1 heterocycles. The molecule has 5 heteroatoms. The molecule has 0 unspecified atom stereocenters. The van der Waals surface area contributed by atoms with Crippen molar-refractivity contribution in [2.24, 2.45) is 0 Å². The van der Waals surface area contributed by atoms with Crippen molar-refractivity contribution in [2.75, 3.05) is 12.8 Å². The van der Waals surface area contributed by atoms with Crippen molar-refractivity contribution in [3.05, 3.63) is 54.5 Å². The van der Waals surface area contributed by atoms with Crippen LogP contribution in [0.3, 0.4) is 0 Å². The molecule has 0 bridgehead atoms. The number of halogens is 1. The number of nitrogens with zero attached hydrogens (tertiary/aromatic N) is 1. The molecule has 21 heavy (non-hydrogen) atoms. The number of fused-ring (bicyclic) bond motifs is 1. The maximum atomic E-state index is 13.8. The quantitative estimate of drug-likeness (QED) is 0.744. The fourth-order valence-electron chi connectivity index (χ4n) is 2.11. The summed E-state index contributed by atoms with van der Waals surface area (Å²) in [4.78, 5) is 4.17. The summed E-state index contributed by atoms with van der Waals surface area (Å²) in [5.74, 6) is 0.566. The minimum atomic E-state index is -0.531. The van der Waals surface area contributed by atoms with Crippen LogP contribution in [0, 0.1) is 5.82 Å². The topological polar surface area (TPSA) is 57.4 Å². The van der Waals surface area contributed by atoms with Crippen molar-refractivity contribution in [3.8, 4) is 17.4 Å². The first-order valence-corrected chi connectivity index (χ1v) is 6.33. The molecule has 0 saturated carbocycles. The molecule has 0 atom stereocenters. The van der Waals surface area contributed by atoms with Gasteiger partial charge in [0.1, 0.15) is 5.75 Å². The lowest BCUT2D eigenvalue weighted by atomic mass is 10.1. The Labute approximate surface area is 120 Å². The number of nitrogen functional groups attached to an aromatic ring is 1. The number of ether oxygens (including phenoxy) is 2. The van der Waals surface area contributed by atoms with Crippen LogP contribution in [0.15, 0.2) is 48.7 Å². The highest BCUT2D eigenvalue weighted by Gasteiger charge is 2.11. The van der Waals surface area contributed by atoms with Gasteiger partial charge in [0.15, 0.2) is 11.6 Å². The van der Waals surface area contributed by atoms with E-state index in [-0.39, 0.29) is 5.75 Å². The van der Waals surface area contributed by atoms with Crippen LogP contribution < -0.4 is 15.2 Å². The minimum Gasteiger partial charge on any atom is -0.496 e. The first-order valence-electron chi connectivity index (χ1n) is 6.33. The van der Waals surface area contributed by atoms with E-state index in [1.54, 1.807) is 19.4 Å². The van der Waals surface area contributed by atoms with Gasteiger partial charge in [0.25, 0.3) is 0 Å². The highest BCUT2D eigenvalue weighted by molar-refractivity contribution is 5.91. The van der Waals surface area contributed by atoms with Gasteiger partial charge >= 0.3 is 0 Å². The Morgan fingerprint density at radius 2 is 1.90 bits per heavy atom. The van der Waals surface area contributed by atoms with E-state index in [9.17, 15) is 4.39 Å². The van der Waals surface area contributed by atoms with Gasteiger partial charge in [-0.1, -0.05) is 6.07 Å². The predicted molar refractivity (Wildman–Crippen MR) is 79.2 cm³/mol. The molecule has 0 saturated heterocycles. The van der Waals surface area contributed by atoms with Gasteiger partial charge in [0.2, 0.25) is 5.88 Å². The summed E-state index contributed by atoms with van der Waals surface area (Å²) in [5.41, 5.74) is 5.86. The van der Waals surface area contributed by atoms with Crippen LogP contribution >= 0.6 is 0 Å². The molecule has 0 aliphatic rings. The van der Waals surface area contributed by atoms with Gasteiger partial charge in [0.05, 0.1) is 7.11 Å². The monoisotopic (exact) mass is 284 g/mol. The van der Waals surface area contributed by atoms with Gasteiger partial charge in [-0.25, -0.2) is 9.37 Å². The lowest BCUT2D eigenvalue weighted by Crippen LogP contribution is -1.94. The van der Waals surface area contributed by atoms with Gasteiger partial charge in [-0.05, 0) is 30.3 Å². The second-order valence-corrected chi connectivity index (χ2v) is 4.46. The van der Waals surface area contributed by atoms with Crippen molar-refractivity contribution in [1.29, 1.82) is 0 Å². The standard InChI is InChI=1S/C16H13FN2O2/c1-20-14-4-2-3-12-11(14)7-8-19-16(12)21-15-6-5-10(18)9-13(15)17/h2-9H,18H2,1H3. The zero-order valence-electron chi connectivity index (χ0n) is 11.3. The summed E-state index contributed by atoms with van der Waals surface area (Å²) in [6, 6.07) is 11.6. The maximum Gasteiger partial charge on any atom is 0.227 e. The van der Waals surface area contributed by atoms with E-state index < -0.39 is 5.82 Å². The van der Waals surface area contributed by atoms with E-state index in [0.29, 0.717) is 17.3 Å². The van der Waals surface area contributed by atoms with E-state index in [1.807, 2.05) is 24.3 Å². The number of aromatic nitrogens is 1. The van der Waals surface area contributed by atoms with Gasteiger partial charge < -0.3 is 15.2 Å². The summed E-state index contributed by atoms with van der Waals surface area (Å²) in [6.07, 6.45) is 1.59. The van der Waals surface area contributed by atoms with Crippen LogP contribution in [0.1, 0.15) is 0 Å². The fraction of sp³-hybridized carbons (Fsp3) is 0.0625. The number of rotatable bonds is 3. The van der Waals surface area contributed by atoms with Crippen molar-refractivity contribution in [1.82, 2.24) is 4.98 Å². The van der Waals surface area contributed by atoms with Crippen molar-refractivity contribution in [2.45, 2.75) is 0 Å². The average molecular weight is 284 g/mol. The third kappa shape index (κ3) is 2.45. The molecule has 0 radical (unpaired) electrons. The fourth-order valence-corrected chi connectivity index (χ4v) is 2.11. The highest BCUT2D eigenvalue weighted by atomic mass is 19.1. The van der Waals surface area contributed by atoms with E-state index in [0.717, 1.165) is 10.8 Å². The van der Waals surface area contributed by atoms with E-state index in [2.05, 4.69) is 4.98 Å². The van der Waals surface area contributed by atoms with Gasteiger partial charge in [-0.15, -0.1) is 0 Å². The number of benzene rings is 2. The Hall–Kier alpha value is -2.82. The number of pyridine rings is 1. The number of methoxy groups -OCH3 is 1. The largest absolute Gasteiger partial charge is 0.496 e. The van der Waals surface area contributed by atoms with Crippen molar-refractivity contribution < 1.29 is 13.9 Å². The summed E-state index contributed by atoms with van der Waals surface area (Å²) in [6.45, 7) is 0. The Kier molecular flexibility index (Phi) is 3.31. The van der Waals surface area contributed by atoms with E-state index in [4.69, 9.17) is 15.2 Å². The predicted octanol–water partition coefficient (Wildman–Crippen LogP) is 3.76. The first kappa shape index (κ1) is 13.2. The molecule has 1 aromatic heterocycles. The van der Waals surface area contributed by atoms with Crippen LogP contribution in [0.25, 0.3) is 10.8 Å². The van der Waals surface area contributed by atoms with E-state index in [1.165, 1.54) is 12.1 Å². The number of nitrogens with two attached hydrogens (primary N) is 1. The molecule has 2 N–H and O–H groups in total. The normalized spacial score (nSPS) is 10.6. The van der Waals surface area contributed by atoms with Crippen LogP contribution in [0.5, 0.6) is 17.4 Å². The Balaban J connectivity index is 2.08. The molecular formula is C16H13FN2O2. The van der Waals surface area contributed by atoms with E-state index >= 15 is 0 Å². The van der Waals surface area contributed by atoms with Crippen LogP contribution in [-0.4, -0.2) is 12.1 Å². The summed E-state index contributed by atoms with van der Waals surface area (Å²) >= 11 is 0. The lowest BCUT2D eigenvalue weighted by Gasteiger charge is -2.10. The molecule has 0 aliphatic carbocycles. The second kappa shape index (κ2) is 5.28. The Morgan fingerprint density at radius 1 is 1.05 bits per heavy atom. The molecular weight excluding hydrogens is 271 g/mol. The highest BCUT2D eigenvalue weighted by Crippen LogP contribution is 2.33. The number of anilines is 1. The third-order valence-corrected chi connectivity index (χ3v) is 3.11. The maximum absolute atomic E-state index is 13.8. The first-order chi connectivity index (χ1) is 10.2. The lowest BCUT2D eigenvalue weighted by molar-refractivity contribution is 0.418. The summed E-state index contributed by atoms with van der Waals surface area (Å²) < 4.78 is 24.7. The van der Waals surface area contributed by atoms with Gasteiger partial charge in [-0.3, -0.25) is 0 Å². The number of hydrogen-bond donors (Lipinski definition) is 1. The van der Waals surface area contributed by atoms with Gasteiger partial charge in [-0.2, -0.15) is 0 Å². The molecule has 0 spiro atoms. The molecule has 106 valence electrons. The Morgan fingerprint density at radius 3 is 2.67 bits per heavy atom. The second-order valence-electron chi connectivity index (χ2n) is 4.46. The third-order valence-electron chi connectivity index (χ3n) is 3.11. The molecule has 4 nitrogen and oxygen atoms in total. The van der Waals surface area contributed by atoms with Crippen LogP contribution in [0.4, 0.5) is 10.1 Å². The van der Waals surface area contributed by atoms with Crippen molar-refractivity contribution in [3.63, 3.8) is 0 Å². The molecule has 3 rings (SSSR count).